The summed E-state index contributed by atoms with van der Waals surface area (Å²) in [5.41, 5.74) is -1.21. The number of halogens is 3. The molecule has 1 aliphatic rings. The van der Waals surface area contributed by atoms with Gasteiger partial charge in [0.05, 0.1) is 22.7 Å². The van der Waals surface area contributed by atoms with Crippen LogP contribution in [0.1, 0.15) is 39.7 Å². The molecule has 10 heteroatoms. The van der Waals surface area contributed by atoms with Crippen LogP contribution in [0.4, 0.5) is 13.2 Å². The Bertz CT molecular complexity index is 941. The monoisotopic (exact) mass is 471 g/mol. The maximum atomic E-state index is 12.6. The number of carboxylic acids is 2. The van der Waals surface area contributed by atoms with E-state index in [4.69, 9.17) is 4.74 Å². The van der Waals surface area contributed by atoms with Crippen LogP contribution in [0.15, 0.2) is 46.8 Å². The van der Waals surface area contributed by atoms with Crippen molar-refractivity contribution >= 4 is 11.9 Å². The van der Waals surface area contributed by atoms with Crippen molar-refractivity contribution in [2.45, 2.75) is 52.0 Å². The first-order valence-electron chi connectivity index (χ1n) is 10.2. The number of carboxylic acid groups (broad SMARTS) is 2. The SMILES string of the molecule is COC(CC1(c2ccc(OC(F)(F)F)cc2)C(C(=O)O)=C(C)N(C)C(C)=C1C(=O)O)C(C)C. The molecule has 1 atom stereocenters. The summed E-state index contributed by atoms with van der Waals surface area (Å²) in [4.78, 5) is 26.6. The largest absolute Gasteiger partial charge is 0.573 e. The van der Waals surface area contributed by atoms with Crippen molar-refractivity contribution < 1.29 is 42.4 Å². The van der Waals surface area contributed by atoms with E-state index in [9.17, 15) is 33.0 Å². The minimum atomic E-state index is -4.91. The van der Waals surface area contributed by atoms with Crippen molar-refractivity contribution in [3.63, 3.8) is 0 Å². The number of ether oxygens (including phenoxy) is 2. The number of nitrogens with zero attached hydrogens (tertiary/aromatic N) is 1. The summed E-state index contributed by atoms with van der Waals surface area (Å²) in [5.74, 6) is -3.28. The number of allylic oxidation sites excluding steroid dienone is 2. The second-order valence-corrected chi connectivity index (χ2v) is 8.29. The number of benzene rings is 1. The fourth-order valence-corrected chi connectivity index (χ4v) is 4.45. The number of hydrogen-bond donors (Lipinski definition) is 2. The van der Waals surface area contributed by atoms with Gasteiger partial charge in [0, 0.05) is 25.6 Å². The van der Waals surface area contributed by atoms with Gasteiger partial charge in [-0.15, -0.1) is 13.2 Å². The fraction of sp³-hybridized carbons (Fsp3) is 0.478. The quantitative estimate of drug-likeness (QED) is 0.574. The lowest BCUT2D eigenvalue weighted by Gasteiger charge is -2.45. The Labute approximate surface area is 190 Å². The number of aliphatic carboxylic acids is 2. The summed E-state index contributed by atoms with van der Waals surface area (Å²) in [5, 5.41) is 20.5. The second-order valence-electron chi connectivity index (χ2n) is 8.29. The zero-order valence-corrected chi connectivity index (χ0v) is 19.3. The zero-order valence-electron chi connectivity index (χ0n) is 19.3. The predicted octanol–water partition coefficient (Wildman–Crippen LogP) is 4.55. The lowest BCUT2D eigenvalue weighted by molar-refractivity contribution is -0.274. The Hall–Kier alpha value is -3.01. The van der Waals surface area contributed by atoms with Crippen LogP contribution < -0.4 is 4.74 Å². The van der Waals surface area contributed by atoms with Crippen LogP contribution in [-0.4, -0.2) is 53.7 Å². The van der Waals surface area contributed by atoms with Crippen molar-refractivity contribution in [3.05, 3.63) is 52.4 Å². The van der Waals surface area contributed by atoms with E-state index in [2.05, 4.69) is 4.74 Å². The molecule has 7 nitrogen and oxygen atoms in total. The molecule has 0 aliphatic carbocycles. The van der Waals surface area contributed by atoms with Gasteiger partial charge in [0.2, 0.25) is 0 Å². The molecule has 1 aromatic carbocycles. The molecule has 2 N–H and O–H groups in total. The summed E-state index contributed by atoms with van der Waals surface area (Å²) in [7, 11) is 3.01. The molecule has 0 amide bonds. The van der Waals surface area contributed by atoms with E-state index >= 15 is 0 Å². The van der Waals surface area contributed by atoms with Gasteiger partial charge >= 0.3 is 18.3 Å². The molecule has 1 unspecified atom stereocenters. The van der Waals surface area contributed by atoms with E-state index in [-0.39, 0.29) is 29.0 Å². The maximum Gasteiger partial charge on any atom is 0.573 e. The molecule has 0 saturated carbocycles. The van der Waals surface area contributed by atoms with E-state index < -0.39 is 35.6 Å². The number of hydrogen-bond acceptors (Lipinski definition) is 5. The fourth-order valence-electron chi connectivity index (χ4n) is 4.45. The summed E-state index contributed by atoms with van der Waals surface area (Å²) in [6.45, 7) is 6.84. The highest BCUT2D eigenvalue weighted by Gasteiger charge is 2.52. The van der Waals surface area contributed by atoms with Gasteiger partial charge in [-0.3, -0.25) is 0 Å². The number of alkyl halides is 3. The molecule has 33 heavy (non-hydrogen) atoms. The lowest BCUT2D eigenvalue weighted by atomic mass is 9.62. The van der Waals surface area contributed by atoms with Gasteiger partial charge in [-0.1, -0.05) is 26.0 Å². The lowest BCUT2D eigenvalue weighted by Crippen LogP contribution is -2.47. The smallest absolute Gasteiger partial charge is 0.478 e. The molecule has 0 radical (unpaired) electrons. The summed E-state index contributed by atoms with van der Waals surface area (Å²) < 4.78 is 47.5. The van der Waals surface area contributed by atoms with Crippen LogP contribution in [0, 0.1) is 5.92 Å². The molecule has 0 fully saturated rings. The van der Waals surface area contributed by atoms with Crippen molar-refractivity contribution in [2.24, 2.45) is 5.92 Å². The molecule has 1 heterocycles. The minimum Gasteiger partial charge on any atom is -0.478 e. The number of methoxy groups -OCH3 is 1. The third-order valence-electron chi connectivity index (χ3n) is 6.15. The standard InChI is InChI=1S/C23H28F3NO6/c1-12(2)17(32-6)11-22(15-7-9-16(10-8-15)33-23(24,25)26)18(20(28)29)13(3)27(5)14(4)19(22)21(30)31/h7-10,12,17H,11H2,1-6H3,(H,28,29)(H,30,31). The van der Waals surface area contributed by atoms with Crippen molar-refractivity contribution in [3.8, 4) is 5.75 Å². The number of carbonyl (C=O) groups is 2. The predicted molar refractivity (Wildman–Crippen MR) is 113 cm³/mol. The minimum absolute atomic E-state index is 0.0492. The highest BCUT2D eigenvalue weighted by molar-refractivity contribution is 6.00. The van der Waals surface area contributed by atoms with Crippen LogP contribution in [0.5, 0.6) is 5.75 Å². The highest BCUT2D eigenvalue weighted by Crippen LogP contribution is 2.51. The van der Waals surface area contributed by atoms with Crippen LogP contribution in [0.25, 0.3) is 0 Å². The van der Waals surface area contributed by atoms with Gasteiger partial charge in [-0.05, 0) is 43.9 Å². The summed E-state index contributed by atoms with van der Waals surface area (Å²) in [6, 6.07) is 4.63. The van der Waals surface area contributed by atoms with E-state index in [0.717, 1.165) is 12.1 Å². The van der Waals surface area contributed by atoms with Crippen LogP contribution >= 0.6 is 0 Å². The first-order valence-corrected chi connectivity index (χ1v) is 10.2. The second kappa shape index (κ2) is 9.46. The Morgan fingerprint density at radius 3 is 1.82 bits per heavy atom. The molecule has 0 bridgehead atoms. The summed E-state index contributed by atoms with van der Waals surface area (Å²) >= 11 is 0. The molecular weight excluding hydrogens is 443 g/mol. The highest BCUT2D eigenvalue weighted by atomic mass is 19.4. The summed E-state index contributed by atoms with van der Waals surface area (Å²) in [6.07, 6.45) is -5.51. The average molecular weight is 471 g/mol. The molecule has 0 saturated heterocycles. The first kappa shape index (κ1) is 26.2. The van der Waals surface area contributed by atoms with Gasteiger partial charge < -0.3 is 24.6 Å². The van der Waals surface area contributed by atoms with E-state index in [0.29, 0.717) is 11.4 Å². The molecule has 1 aliphatic heterocycles. The topological polar surface area (TPSA) is 96.3 Å². The third kappa shape index (κ3) is 5.00. The van der Waals surface area contributed by atoms with E-state index in [1.165, 1.54) is 24.1 Å². The Kier molecular flexibility index (Phi) is 7.53. The Morgan fingerprint density at radius 2 is 1.48 bits per heavy atom. The van der Waals surface area contributed by atoms with E-state index in [1.807, 2.05) is 13.8 Å². The van der Waals surface area contributed by atoms with Crippen LogP contribution in [0.2, 0.25) is 0 Å². The van der Waals surface area contributed by atoms with Gasteiger partial charge in [0.25, 0.3) is 0 Å². The van der Waals surface area contributed by atoms with Crippen molar-refractivity contribution in [1.82, 2.24) is 4.90 Å². The molecule has 0 spiro atoms. The third-order valence-corrected chi connectivity index (χ3v) is 6.15. The van der Waals surface area contributed by atoms with Gasteiger partial charge in [0.15, 0.2) is 0 Å². The first-order chi connectivity index (χ1) is 15.2. The number of rotatable bonds is 8. The normalized spacial score (nSPS) is 17.5. The van der Waals surface area contributed by atoms with E-state index in [1.54, 1.807) is 20.9 Å². The Balaban J connectivity index is 2.92. The van der Waals surface area contributed by atoms with Gasteiger partial charge in [-0.25, -0.2) is 9.59 Å². The molecular formula is C23H28F3NO6. The van der Waals surface area contributed by atoms with Crippen molar-refractivity contribution in [2.75, 3.05) is 14.2 Å². The van der Waals surface area contributed by atoms with Crippen molar-refractivity contribution in [1.29, 1.82) is 0 Å². The zero-order chi connectivity index (χ0) is 25.3. The Morgan fingerprint density at radius 1 is 1.03 bits per heavy atom. The molecule has 182 valence electrons. The van der Waals surface area contributed by atoms with Crippen LogP contribution in [-0.2, 0) is 19.7 Å². The van der Waals surface area contributed by atoms with Gasteiger partial charge in [-0.2, -0.15) is 0 Å². The molecule has 1 aromatic rings. The van der Waals surface area contributed by atoms with Gasteiger partial charge in [0.1, 0.15) is 5.75 Å². The van der Waals surface area contributed by atoms with Crippen LogP contribution in [0.3, 0.4) is 0 Å². The average Bonchev–Trinajstić information content (AvgIpc) is 2.68. The molecule has 2 rings (SSSR count). The maximum absolute atomic E-state index is 12.6. The molecule has 0 aromatic heterocycles.